The molecule has 1 heterocycles. The fourth-order valence-electron chi connectivity index (χ4n) is 2.97. The number of aryl methyl sites for hydroxylation is 1. The van der Waals surface area contributed by atoms with Crippen LogP contribution in [0.2, 0.25) is 0 Å². The maximum atomic E-state index is 12.8. The molecule has 1 aliphatic heterocycles. The van der Waals surface area contributed by atoms with Gasteiger partial charge >= 0.3 is 0 Å². The largest absolute Gasteiger partial charge is 0.379 e. The van der Waals surface area contributed by atoms with Crippen molar-refractivity contribution in [1.82, 2.24) is 9.21 Å². The number of ether oxygens (including phenoxy) is 1. The highest BCUT2D eigenvalue weighted by Gasteiger charge is 2.24. The molecule has 0 unspecified atom stereocenters. The second-order valence-electron chi connectivity index (χ2n) is 6.53. The van der Waals surface area contributed by atoms with Crippen LogP contribution >= 0.6 is 0 Å². The van der Waals surface area contributed by atoms with Gasteiger partial charge in [0.15, 0.2) is 0 Å². The summed E-state index contributed by atoms with van der Waals surface area (Å²) < 4.78 is 30.9. The lowest BCUT2D eigenvalue weighted by Crippen LogP contribution is -2.47. The molecule has 0 radical (unpaired) electrons. The van der Waals surface area contributed by atoms with Crippen LogP contribution in [0.15, 0.2) is 24.3 Å². The molecular weight excluding hydrogens is 354 g/mol. The normalized spacial score (nSPS) is 16.0. The molecule has 0 N–H and O–H groups in total. The zero-order valence-electron chi connectivity index (χ0n) is 15.8. The van der Waals surface area contributed by atoms with Crippen LogP contribution in [-0.2, 0) is 19.6 Å². The zero-order valence-corrected chi connectivity index (χ0v) is 16.7. The van der Waals surface area contributed by atoms with Gasteiger partial charge in [0.1, 0.15) is 0 Å². The number of amides is 1. The number of hydrogen-bond donors (Lipinski definition) is 0. The van der Waals surface area contributed by atoms with Crippen molar-refractivity contribution < 1.29 is 17.9 Å². The van der Waals surface area contributed by atoms with Crippen LogP contribution in [-0.4, -0.2) is 82.3 Å². The first-order valence-electron chi connectivity index (χ1n) is 8.93. The molecule has 146 valence electrons. The number of morpholine rings is 1. The molecule has 0 atom stereocenters. The Kier molecular flexibility index (Phi) is 7.57. The summed E-state index contributed by atoms with van der Waals surface area (Å²) in [6.07, 6.45) is 1.16. The fourth-order valence-corrected chi connectivity index (χ4v) is 3.73. The maximum absolute atomic E-state index is 12.8. The highest BCUT2D eigenvalue weighted by Crippen LogP contribution is 2.16. The minimum atomic E-state index is -3.46. The smallest absolute Gasteiger partial charge is 0.242 e. The minimum Gasteiger partial charge on any atom is -0.379 e. The number of likely N-dealkylation sites (N-methyl/N-ethyl adjacent to an activating group) is 1. The predicted molar refractivity (Wildman–Crippen MR) is 103 cm³/mol. The third kappa shape index (κ3) is 6.05. The van der Waals surface area contributed by atoms with Crippen molar-refractivity contribution in [2.24, 2.45) is 0 Å². The Hall–Kier alpha value is -1.48. The van der Waals surface area contributed by atoms with Crippen LogP contribution in [0.1, 0.15) is 12.5 Å². The fraction of sp³-hybridized carbons (Fsp3) is 0.611. The van der Waals surface area contributed by atoms with Gasteiger partial charge in [0.05, 0.1) is 26.0 Å². The van der Waals surface area contributed by atoms with Crippen molar-refractivity contribution >= 4 is 21.6 Å². The Labute approximate surface area is 156 Å². The number of nitrogens with zero attached hydrogens (tertiary/aromatic N) is 3. The average Bonchev–Trinajstić information content (AvgIpc) is 2.59. The molecular formula is C18H29N3O4S. The molecule has 1 saturated heterocycles. The quantitative estimate of drug-likeness (QED) is 0.668. The number of hydrogen-bond acceptors (Lipinski definition) is 5. The summed E-state index contributed by atoms with van der Waals surface area (Å²) in [5.41, 5.74) is 1.85. The monoisotopic (exact) mass is 383 g/mol. The number of benzene rings is 1. The second-order valence-corrected chi connectivity index (χ2v) is 8.51. The summed E-state index contributed by atoms with van der Waals surface area (Å²) in [7, 11) is -3.46. The molecule has 1 aliphatic rings. The van der Waals surface area contributed by atoms with Gasteiger partial charge in [-0.2, -0.15) is 4.31 Å². The summed E-state index contributed by atoms with van der Waals surface area (Å²) in [6.45, 7) is 7.99. The zero-order chi connectivity index (χ0) is 19.2. The SMILES string of the molecule is CCN(C(=O)CN(CCN1CCOCC1)S(C)(=O)=O)c1cccc(C)c1. The number of sulfonamides is 1. The molecule has 2 rings (SSSR count). The average molecular weight is 384 g/mol. The first kappa shape index (κ1) is 20.8. The van der Waals surface area contributed by atoms with E-state index in [-0.39, 0.29) is 12.5 Å². The van der Waals surface area contributed by atoms with E-state index in [0.717, 1.165) is 30.6 Å². The van der Waals surface area contributed by atoms with Gasteiger partial charge in [-0.25, -0.2) is 8.42 Å². The Morgan fingerprint density at radius 3 is 2.54 bits per heavy atom. The van der Waals surface area contributed by atoms with Crippen LogP contribution in [0, 0.1) is 6.92 Å². The molecule has 8 heteroatoms. The first-order valence-corrected chi connectivity index (χ1v) is 10.8. The second kappa shape index (κ2) is 9.45. The molecule has 1 fully saturated rings. The molecule has 0 aliphatic carbocycles. The maximum Gasteiger partial charge on any atom is 0.242 e. The highest BCUT2D eigenvalue weighted by molar-refractivity contribution is 7.88. The van der Waals surface area contributed by atoms with Gasteiger partial charge in [0.25, 0.3) is 0 Å². The number of rotatable bonds is 8. The summed E-state index contributed by atoms with van der Waals surface area (Å²) >= 11 is 0. The van der Waals surface area contributed by atoms with E-state index in [0.29, 0.717) is 32.8 Å². The minimum absolute atomic E-state index is 0.148. The van der Waals surface area contributed by atoms with Crippen molar-refractivity contribution in [2.75, 3.05) is 63.6 Å². The number of carbonyl (C=O) groups is 1. The van der Waals surface area contributed by atoms with Crippen molar-refractivity contribution in [2.45, 2.75) is 13.8 Å². The molecule has 0 spiro atoms. The van der Waals surface area contributed by atoms with E-state index < -0.39 is 10.0 Å². The Morgan fingerprint density at radius 1 is 1.27 bits per heavy atom. The van der Waals surface area contributed by atoms with Crippen LogP contribution in [0.25, 0.3) is 0 Å². The van der Waals surface area contributed by atoms with Crippen molar-refractivity contribution in [1.29, 1.82) is 0 Å². The lowest BCUT2D eigenvalue weighted by molar-refractivity contribution is -0.118. The lowest BCUT2D eigenvalue weighted by Gasteiger charge is -2.30. The van der Waals surface area contributed by atoms with Gasteiger partial charge in [-0.05, 0) is 31.5 Å². The standard InChI is InChI=1S/C18H29N3O4S/c1-4-21(17-7-5-6-16(2)14-17)18(22)15-20(26(3,23)24)9-8-19-10-12-25-13-11-19/h5-7,14H,4,8-13,15H2,1-3H3. The lowest BCUT2D eigenvalue weighted by atomic mass is 10.2. The number of anilines is 1. The summed E-state index contributed by atoms with van der Waals surface area (Å²) in [5, 5.41) is 0. The van der Waals surface area contributed by atoms with E-state index in [1.807, 2.05) is 38.1 Å². The molecule has 1 aromatic carbocycles. The molecule has 1 aromatic rings. The van der Waals surface area contributed by atoms with Crippen molar-refractivity contribution in [3.05, 3.63) is 29.8 Å². The van der Waals surface area contributed by atoms with Gasteiger partial charge in [0.2, 0.25) is 15.9 Å². The highest BCUT2D eigenvalue weighted by atomic mass is 32.2. The van der Waals surface area contributed by atoms with E-state index in [1.54, 1.807) is 4.90 Å². The molecule has 7 nitrogen and oxygen atoms in total. The van der Waals surface area contributed by atoms with Crippen molar-refractivity contribution in [3.63, 3.8) is 0 Å². The van der Waals surface area contributed by atoms with Gasteiger partial charge < -0.3 is 9.64 Å². The molecule has 1 amide bonds. The van der Waals surface area contributed by atoms with Crippen LogP contribution in [0.5, 0.6) is 0 Å². The molecule has 0 bridgehead atoms. The molecule has 26 heavy (non-hydrogen) atoms. The summed E-state index contributed by atoms with van der Waals surface area (Å²) in [4.78, 5) is 16.6. The number of carbonyl (C=O) groups excluding carboxylic acids is 1. The van der Waals surface area contributed by atoms with E-state index in [2.05, 4.69) is 4.90 Å². The molecule has 0 saturated carbocycles. The first-order chi connectivity index (χ1) is 12.3. The third-order valence-electron chi connectivity index (χ3n) is 4.48. The van der Waals surface area contributed by atoms with E-state index in [4.69, 9.17) is 4.74 Å². The molecule has 0 aromatic heterocycles. The van der Waals surface area contributed by atoms with Crippen molar-refractivity contribution in [3.8, 4) is 0 Å². The van der Waals surface area contributed by atoms with Crippen LogP contribution in [0.3, 0.4) is 0 Å². The van der Waals surface area contributed by atoms with Crippen LogP contribution in [0.4, 0.5) is 5.69 Å². The van der Waals surface area contributed by atoms with Gasteiger partial charge in [0, 0.05) is 38.4 Å². The van der Waals surface area contributed by atoms with Crippen LogP contribution < -0.4 is 4.90 Å². The topological polar surface area (TPSA) is 70.2 Å². The third-order valence-corrected chi connectivity index (χ3v) is 5.73. The van der Waals surface area contributed by atoms with E-state index >= 15 is 0 Å². The van der Waals surface area contributed by atoms with Gasteiger partial charge in [-0.3, -0.25) is 9.69 Å². The summed E-state index contributed by atoms with van der Waals surface area (Å²) in [6, 6.07) is 7.66. The Morgan fingerprint density at radius 2 is 1.96 bits per heavy atom. The predicted octanol–water partition coefficient (Wildman–Crippen LogP) is 0.942. The Balaban J connectivity index is 2.04. The van der Waals surface area contributed by atoms with Gasteiger partial charge in [-0.15, -0.1) is 0 Å². The van der Waals surface area contributed by atoms with E-state index in [1.165, 1.54) is 4.31 Å². The Bertz CT molecular complexity index is 702. The van der Waals surface area contributed by atoms with Gasteiger partial charge in [-0.1, -0.05) is 12.1 Å². The summed E-state index contributed by atoms with van der Waals surface area (Å²) in [5.74, 6) is -0.217. The van der Waals surface area contributed by atoms with E-state index in [9.17, 15) is 13.2 Å².